The topological polar surface area (TPSA) is 58.1 Å². The van der Waals surface area contributed by atoms with Crippen molar-refractivity contribution in [3.8, 4) is 0 Å². The number of rotatable bonds is 4. The lowest BCUT2D eigenvalue weighted by Gasteiger charge is -2.32. The van der Waals surface area contributed by atoms with Gasteiger partial charge in [0.25, 0.3) is 0 Å². The number of hydrogen-bond acceptors (Lipinski definition) is 4. The zero-order valence-corrected chi connectivity index (χ0v) is 11.7. The number of carbonyl (C=O) groups is 1. The lowest BCUT2D eigenvalue weighted by molar-refractivity contribution is -0.125. The Morgan fingerprint density at radius 1 is 1.53 bits per heavy atom. The lowest BCUT2D eigenvalue weighted by atomic mass is 9.97. The summed E-state index contributed by atoms with van der Waals surface area (Å²) in [7, 11) is 0. The molecule has 1 N–H and O–H groups in total. The van der Waals surface area contributed by atoms with Crippen molar-refractivity contribution in [1.29, 1.82) is 0 Å². The van der Waals surface area contributed by atoms with Gasteiger partial charge in [0.2, 0.25) is 11.9 Å². The van der Waals surface area contributed by atoms with Gasteiger partial charge in [0.1, 0.15) is 0 Å². The number of hydrogen-bond donors (Lipinski definition) is 1. The quantitative estimate of drug-likeness (QED) is 0.895. The second-order valence-corrected chi connectivity index (χ2v) is 5.15. The highest BCUT2D eigenvalue weighted by Gasteiger charge is 2.27. The minimum atomic E-state index is 0.0477. The molecule has 19 heavy (non-hydrogen) atoms. The van der Waals surface area contributed by atoms with Crippen LogP contribution in [0.15, 0.2) is 18.5 Å². The van der Waals surface area contributed by atoms with E-state index < -0.39 is 0 Å². The van der Waals surface area contributed by atoms with E-state index in [1.807, 2.05) is 6.92 Å². The lowest BCUT2D eigenvalue weighted by Crippen LogP contribution is -2.45. The maximum atomic E-state index is 12.2. The summed E-state index contributed by atoms with van der Waals surface area (Å²) < 4.78 is 0. The average Bonchev–Trinajstić information content (AvgIpc) is 2.48. The molecular weight excluding hydrogens is 240 g/mol. The highest BCUT2D eigenvalue weighted by molar-refractivity contribution is 5.79. The molecule has 1 amide bonds. The summed E-state index contributed by atoms with van der Waals surface area (Å²) in [5.74, 6) is 0.935. The fourth-order valence-electron chi connectivity index (χ4n) is 2.29. The van der Waals surface area contributed by atoms with Crippen molar-refractivity contribution in [2.24, 2.45) is 5.92 Å². The molecule has 1 fully saturated rings. The smallest absolute Gasteiger partial charge is 0.225 e. The van der Waals surface area contributed by atoms with E-state index in [1.54, 1.807) is 18.5 Å². The van der Waals surface area contributed by atoms with Crippen LogP contribution in [0.3, 0.4) is 0 Å². The molecule has 1 aliphatic rings. The summed E-state index contributed by atoms with van der Waals surface area (Å²) in [4.78, 5) is 22.8. The van der Waals surface area contributed by atoms with Crippen LogP contribution in [0.5, 0.6) is 0 Å². The second-order valence-electron chi connectivity index (χ2n) is 5.15. The molecular formula is C14H22N4O. The highest BCUT2D eigenvalue weighted by Crippen LogP contribution is 2.20. The summed E-state index contributed by atoms with van der Waals surface area (Å²) in [6.07, 6.45) is 6.41. The van der Waals surface area contributed by atoms with Crippen molar-refractivity contribution < 1.29 is 4.79 Å². The molecule has 5 nitrogen and oxygen atoms in total. The van der Waals surface area contributed by atoms with E-state index in [0.29, 0.717) is 6.54 Å². The van der Waals surface area contributed by atoms with Gasteiger partial charge in [-0.05, 0) is 32.3 Å². The zero-order chi connectivity index (χ0) is 13.7. The first-order chi connectivity index (χ1) is 9.20. The molecule has 0 bridgehead atoms. The predicted octanol–water partition coefficient (Wildman–Crippen LogP) is 1.61. The van der Waals surface area contributed by atoms with E-state index in [9.17, 15) is 4.79 Å². The molecule has 2 heterocycles. The van der Waals surface area contributed by atoms with Gasteiger partial charge in [0.15, 0.2) is 0 Å². The second kappa shape index (κ2) is 6.50. The fourth-order valence-corrected chi connectivity index (χ4v) is 2.29. The number of nitrogens with one attached hydrogen (secondary N) is 1. The Morgan fingerprint density at radius 2 is 2.26 bits per heavy atom. The SMILES string of the molecule is CCC(C)NC(=O)C1CCCN(c2ncccn2)C1. The summed E-state index contributed by atoms with van der Waals surface area (Å²) in [5.41, 5.74) is 0. The van der Waals surface area contributed by atoms with Gasteiger partial charge in [-0.1, -0.05) is 6.92 Å². The number of amides is 1. The van der Waals surface area contributed by atoms with Gasteiger partial charge in [-0.3, -0.25) is 4.79 Å². The minimum absolute atomic E-state index is 0.0477. The number of aromatic nitrogens is 2. The largest absolute Gasteiger partial charge is 0.353 e. The van der Waals surface area contributed by atoms with Gasteiger partial charge in [-0.2, -0.15) is 0 Å². The van der Waals surface area contributed by atoms with Crippen molar-refractivity contribution in [3.05, 3.63) is 18.5 Å². The third-order valence-corrected chi connectivity index (χ3v) is 3.63. The van der Waals surface area contributed by atoms with Gasteiger partial charge in [0, 0.05) is 31.5 Å². The molecule has 0 radical (unpaired) electrons. The van der Waals surface area contributed by atoms with Crippen LogP contribution in [0, 0.1) is 5.92 Å². The Morgan fingerprint density at radius 3 is 2.95 bits per heavy atom. The first-order valence-corrected chi connectivity index (χ1v) is 7.03. The van der Waals surface area contributed by atoms with E-state index in [-0.39, 0.29) is 17.9 Å². The number of carbonyl (C=O) groups excluding carboxylic acids is 1. The van der Waals surface area contributed by atoms with Gasteiger partial charge >= 0.3 is 0 Å². The minimum Gasteiger partial charge on any atom is -0.353 e. The predicted molar refractivity (Wildman–Crippen MR) is 74.9 cm³/mol. The van der Waals surface area contributed by atoms with Crippen molar-refractivity contribution in [3.63, 3.8) is 0 Å². The van der Waals surface area contributed by atoms with Crippen LogP contribution in [0.1, 0.15) is 33.1 Å². The van der Waals surface area contributed by atoms with E-state index in [4.69, 9.17) is 0 Å². The Hall–Kier alpha value is -1.65. The van der Waals surface area contributed by atoms with Gasteiger partial charge in [-0.25, -0.2) is 9.97 Å². The zero-order valence-electron chi connectivity index (χ0n) is 11.7. The molecule has 2 atom stereocenters. The van der Waals surface area contributed by atoms with Gasteiger partial charge in [0.05, 0.1) is 5.92 Å². The molecule has 104 valence electrons. The van der Waals surface area contributed by atoms with Crippen LogP contribution in [0.25, 0.3) is 0 Å². The van der Waals surface area contributed by atoms with E-state index in [0.717, 1.165) is 31.8 Å². The van der Waals surface area contributed by atoms with Crippen LogP contribution in [-0.4, -0.2) is 35.0 Å². The number of piperidine rings is 1. The standard InChI is InChI=1S/C14H22N4O/c1-3-11(2)17-13(19)12-6-4-9-18(10-12)14-15-7-5-8-16-14/h5,7-8,11-12H,3-4,6,9-10H2,1-2H3,(H,17,19). The summed E-state index contributed by atoms with van der Waals surface area (Å²) in [5, 5.41) is 3.06. The van der Waals surface area contributed by atoms with E-state index >= 15 is 0 Å². The molecule has 1 saturated heterocycles. The molecule has 1 aliphatic heterocycles. The molecule has 2 rings (SSSR count). The van der Waals surface area contributed by atoms with Crippen molar-refractivity contribution in [2.45, 2.75) is 39.2 Å². The van der Waals surface area contributed by atoms with E-state index in [2.05, 4.69) is 27.1 Å². The van der Waals surface area contributed by atoms with Gasteiger partial charge in [-0.15, -0.1) is 0 Å². The molecule has 0 aromatic carbocycles. The molecule has 0 saturated carbocycles. The molecule has 2 unspecified atom stereocenters. The third kappa shape index (κ3) is 3.66. The summed E-state index contributed by atoms with van der Waals surface area (Å²) in [6, 6.07) is 2.05. The monoisotopic (exact) mass is 262 g/mol. The molecule has 0 aliphatic carbocycles. The van der Waals surface area contributed by atoms with Crippen LogP contribution in [0.2, 0.25) is 0 Å². The van der Waals surface area contributed by atoms with Crippen LogP contribution >= 0.6 is 0 Å². The van der Waals surface area contributed by atoms with Crippen LogP contribution in [-0.2, 0) is 4.79 Å². The Balaban J connectivity index is 1.95. The molecule has 1 aromatic rings. The third-order valence-electron chi connectivity index (χ3n) is 3.63. The van der Waals surface area contributed by atoms with Crippen LogP contribution < -0.4 is 10.2 Å². The molecule has 0 spiro atoms. The molecule has 1 aromatic heterocycles. The Kier molecular flexibility index (Phi) is 4.71. The average molecular weight is 262 g/mol. The van der Waals surface area contributed by atoms with Crippen molar-refractivity contribution >= 4 is 11.9 Å². The van der Waals surface area contributed by atoms with E-state index in [1.165, 1.54) is 0 Å². The Bertz CT molecular complexity index is 409. The number of nitrogens with zero attached hydrogens (tertiary/aromatic N) is 3. The summed E-state index contributed by atoms with van der Waals surface area (Å²) in [6.45, 7) is 5.76. The highest BCUT2D eigenvalue weighted by atomic mass is 16.2. The first-order valence-electron chi connectivity index (χ1n) is 7.03. The van der Waals surface area contributed by atoms with Gasteiger partial charge < -0.3 is 10.2 Å². The maximum Gasteiger partial charge on any atom is 0.225 e. The molecule has 5 heteroatoms. The maximum absolute atomic E-state index is 12.2. The van der Waals surface area contributed by atoms with Crippen LogP contribution in [0.4, 0.5) is 5.95 Å². The van der Waals surface area contributed by atoms with Crippen molar-refractivity contribution in [1.82, 2.24) is 15.3 Å². The summed E-state index contributed by atoms with van der Waals surface area (Å²) >= 11 is 0. The Labute approximate surface area is 114 Å². The fraction of sp³-hybridized carbons (Fsp3) is 0.643. The first kappa shape index (κ1) is 13.8. The van der Waals surface area contributed by atoms with Crippen molar-refractivity contribution in [2.75, 3.05) is 18.0 Å². The normalized spacial score (nSPS) is 20.9. The number of anilines is 1.